The molecule has 10 rings (SSSR count). The van der Waals surface area contributed by atoms with E-state index in [1.807, 2.05) is 27.7 Å². The number of aromatic carboxylic acids is 2. The van der Waals surface area contributed by atoms with E-state index < -0.39 is 46.8 Å². The molecule has 4 aromatic heterocycles. The van der Waals surface area contributed by atoms with Crippen LogP contribution in [-0.4, -0.2) is 77.6 Å². The van der Waals surface area contributed by atoms with Gasteiger partial charge < -0.3 is 38.3 Å². The number of hydrogen-bond acceptors (Lipinski definition) is 10. The molecule has 0 radical (unpaired) electrons. The van der Waals surface area contributed by atoms with E-state index >= 15 is 17.6 Å². The maximum absolute atomic E-state index is 15.5. The molecule has 22 heteroatoms. The van der Waals surface area contributed by atoms with Gasteiger partial charge in [0.15, 0.2) is 0 Å². The lowest BCUT2D eigenvalue weighted by Crippen LogP contribution is -2.22. The molecule has 0 saturated heterocycles. The number of benzene rings is 6. The molecule has 0 saturated carbocycles. The van der Waals surface area contributed by atoms with E-state index in [-0.39, 0.29) is 128 Å². The Balaban J connectivity index is 0.000000205. The summed E-state index contributed by atoms with van der Waals surface area (Å²) in [6, 6.07) is 30.5. The smallest absolute Gasteiger partial charge is 0.335 e. The van der Waals surface area contributed by atoms with Gasteiger partial charge in [0.25, 0.3) is 0 Å². The van der Waals surface area contributed by atoms with Crippen LogP contribution in [0, 0.1) is 34.9 Å². The highest BCUT2D eigenvalue weighted by atomic mass is 35.5. The number of carboxylic acid groups (broad SMARTS) is 2. The van der Waals surface area contributed by atoms with Gasteiger partial charge in [0.2, 0.25) is 11.8 Å². The number of pyridine rings is 2. The zero-order chi connectivity index (χ0) is 61.7. The van der Waals surface area contributed by atoms with Crippen LogP contribution in [0.1, 0.15) is 94.4 Å². The largest absolute Gasteiger partial charge is 0.478 e. The van der Waals surface area contributed by atoms with Crippen LogP contribution >= 0.6 is 23.2 Å². The van der Waals surface area contributed by atoms with Gasteiger partial charge in [-0.2, -0.15) is 0 Å². The average molecular weight is 1220 g/mol. The lowest BCUT2D eigenvalue weighted by molar-refractivity contribution is 0.0686. The van der Waals surface area contributed by atoms with Crippen molar-refractivity contribution in [3.05, 3.63) is 223 Å². The monoisotopic (exact) mass is 1220 g/mol. The number of ether oxygens (including phenoxy) is 4. The molecule has 0 unspecified atom stereocenters. The van der Waals surface area contributed by atoms with Crippen molar-refractivity contribution in [3.8, 4) is 34.3 Å². The second kappa shape index (κ2) is 26.6. The first kappa shape index (κ1) is 61.7. The molecule has 4 atom stereocenters. The first-order valence-electron chi connectivity index (χ1n) is 26.7. The van der Waals surface area contributed by atoms with Crippen molar-refractivity contribution >= 4 is 57.2 Å². The van der Waals surface area contributed by atoms with Crippen LogP contribution in [0.5, 0.6) is 11.8 Å². The van der Waals surface area contributed by atoms with E-state index in [1.54, 1.807) is 47.6 Å². The SMILES string of the molecule is CO[C@@H](C)[C@H](C)n1c(Cc2cc(F)c(-c3cccc(OCc4ccc(Cl)cc4F)n3)cc2F)nc2ccc(C(=O)O)cc21.CO[C@@H](C)[C@H](C)n1c(Cc2cc(F)c(-c3cccc(OCc4ccc(Cl)cc4F)n3)cc2F)nc2ccc(C(=O)O)cc21. The fourth-order valence-electron chi connectivity index (χ4n) is 9.58. The van der Waals surface area contributed by atoms with Crippen molar-refractivity contribution < 1.29 is 65.1 Å². The van der Waals surface area contributed by atoms with Gasteiger partial charge in [-0.1, -0.05) is 47.5 Å². The number of nitrogens with zero attached hydrogens (tertiary/aromatic N) is 6. The predicted molar refractivity (Wildman–Crippen MR) is 312 cm³/mol. The standard InChI is InChI=1S/2C32H27ClF3N3O4/c2*1-17(18(2)42-3)39-29-12-19(32(40)41)8-10-28(29)37-30(39)13-21-11-26(36)23(15-25(21)35)27-5-4-6-31(38-27)43-16-20-7-9-22(33)14-24(20)34/h2*4-12,14-15,17-18H,13,16H2,1-3H3,(H,40,41)/t2*17-,18-/m00/s1. The van der Waals surface area contributed by atoms with E-state index in [4.69, 9.17) is 42.1 Å². The highest BCUT2D eigenvalue weighted by molar-refractivity contribution is 6.30. The van der Waals surface area contributed by atoms with Gasteiger partial charge in [-0.25, -0.2) is 55.9 Å². The molecule has 14 nitrogen and oxygen atoms in total. The minimum atomic E-state index is -1.09. The summed E-state index contributed by atoms with van der Waals surface area (Å²) in [6.45, 7) is 7.21. The van der Waals surface area contributed by atoms with Crippen LogP contribution in [0.2, 0.25) is 10.0 Å². The topological polar surface area (TPSA) is 173 Å². The molecule has 0 amide bonds. The maximum atomic E-state index is 15.5. The molecule has 10 aromatic rings. The van der Waals surface area contributed by atoms with E-state index in [2.05, 4.69) is 19.9 Å². The lowest BCUT2D eigenvalue weighted by atomic mass is 10.0. The molecule has 86 heavy (non-hydrogen) atoms. The summed E-state index contributed by atoms with van der Waals surface area (Å²) in [5.41, 5.74) is 3.03. The first-order valence-corrected chi connectivity index (χ1v) is 27.4. The number of rotatable bonds is 20. The molecule has 0 fully saturated rings. The van der Waals surface area contributed by atoms with Crippen molar-refractivity contribution in [3.63, 3.8) is 0 Å². The number of carbonyl (C=O) groups is 2. The molecule has 2 N–H and O–H groups in total. The Morgan fingerprint density at radius 1 is 0.477 bits per heavy atom. The summed E-state index contributed by atoms with van der Waals surface area (Å²) in [4.78, 5) is 41.0. The normalized spacial score (nSPS) is 12.8. The zero-order valence-corrected chi connectivity index (χ0v) is 48.4. The van der Waals surface area contributed by atoms with Gasteiger partial charge >= 0.3 is 11.9 Å². The summed E-state index contributed by atoms with van der Waals surface area (Å²) in [5.74, 6) is -4.97. The van der Waals surface area contributed by atoms with Crippen molar-refractivity contribution in [1.82, 2.24) is 29.1 Å². The highest BCUT2D eigenvalue weighted by Crippen LogP contribution is 2.34. The van der Waals surface area contributed by atoms with E-state index in [9.17, 15) is 28.6 Å². The predicted octanol–water partition coefficient (Wildman–Crippen LogP) is 15.3. The molecule has 6 aromatic carbocycles. The van der Waals surface area contributed by atoms with Crippen LogP contribution in [-0.2, 0) is 35.5 Å². The summed E-state index contributed by atoms with van der Waals surface area (Å²) in [6.07, 6.45) is -0.704. The fraction of sp³-hybridized carbons (Fsp3) is 0.219. The number of hydrogen-bond donors (Lipinski definition) is 2. The number of fused-ring (bicyclic) bond motifs is 2. The summed E-state index contributed by atoms with van der Waals surface area (Å²) in [5, 5.41) is 19.5. The molecule has 0 aliphatic heterocycles. The highest BCUT2D eigenvalue weighted by Gasteiger charge is 2.26. The van der Waals surface area contributed by atoms with Crippen LogP contribution in [0.3, 0.4) is 0 Å². The molecule has 444 valence electrons. The summed E-state index contributed by atoms with van der Waals surface area (Å²) < 4.78 is 116. The Hall–Kier alpha value is -8.82. The molecule has 0 spiro atoms. The average Bonchev–Trinajstić information content (AvgIpc) is 2.31. The second-order valence-corrected chi connectivity index (χ2v) is 21.0. The number of carboxylic acids is 2. The van der Waals surface area contributed by atoms with Crippen LogP contribution in [0.4, 0.5) is 26.3 Å². The Kier molecular flexibility index (Phi) is 19.1. The van der Waals surface area contributed by atoms with Crippen LogP contribution < -0.4 is 9.47 Å². The van der Waals surface area contributed by atoms with Crippen molar-refractivity contribution in [2.75, 3.05) is 14.2 Å². The molecule has 4 heterocycles. The Bertz CT molecular complexity index is 3920. The number of halogens is 8. The number of aromatic nitrogens is 6. The van der Waals surface area contributed by atoms with Crippen molar-refractivity contribution in [1.29, 1.82) is 0 Å². The van der Waals surface area contributed by atoms with E-state index in [1.165, 1.54) is 84.9 Å². The van der Waals surface area contributed by atoms with Gasteiger partial charge in [-0.15, -0.1) is 0 Å². The molecular weight excluding hydrogens is 1170 g/mol. The van der Waals surface area contributed by atoms with Gasteiger partial charge in [-0.05, 0) is 136 Å². The Labute approximate surface area is 499 Å². The minimum Gasteiger partial charge on any atom is -0.478 e. The minimum absolute atomic E-state index is 0.0548. The quantitative estimate of drug-likeness (QED) is 0.0693. The third kappa shape index (κ3) is 13.8. The maximum Gasteiger partial charge on any atom is 0.335 e. The van der Waals surface area contributed by atoms with Gasteiger partial charge in [0.1, 0.15) is 59.8 Å². The van der Waals surface area contributed by atoms with Crippen molar-refractivity contribution in [2.24, 2.45) is 0 Å². The Morgan fingerprint density at radius 2 is 0.860 bits per heavy atom. The lowest BCUT2D eigenvalue weighted by Gasteiger charge is -2.23. The first-order chi connectivity index (χ1) is 41.1. The Morgan fingerprint density at radius 3 is 1.22 bits per heavy atom. The van der Waals surface area contributed by atoms with E-state index in [0.29, 0.717) is 33.7 Å². The second-order valence-electron chi connectivity index (χ2n) is 20.1. The van der Waals surface area contributed by atoms with Crippen LogP contribution in [0.15, 0.2) is 133 Å². The summed E-state index contributed by atoms with van der Waals surface area (Å²) in [7, 11) is 3.11. The molecule has 0 aliphatic carbocycles. The zero-order valence-electron chi connectivity index (χ0n) is 46.9. The number of methoxy groups -OCH3 is 2. The summed E-state index contributed by atoms with van der Waals surface area (Å²) >= 11 is 11.6. The van der Waals surface area contributed by atoms with Gasteiger partial charge in [-0.3, -0.25) is 0 Å². The third-order valence-electron chi connectivity index (χ3n) is 14.7. The molecule has 0 bridgehead atoms. The van der Waals surface area contributed by atoms with Gasteiger partial charge in [0, 0.05) is 71.5 Å². The number of imidazole rings is 2. The van der Waals surface area contributed by atoms with E-state index in [0.717, 1.165) is 24.3 Å². The third-order valence-corrected chi connectivity index (χ3v) is 15.2. The van der Waals surface area contributed by atoms with Gasteiger partial charge in [0.05, 0.1) is 68.9 Å². The molecule has 0 aliphatic rings. The van der Waals surface area contributed by atoms with Crippen molar-refractivity contribution in [2.45, 2.75) is 78.0 Å². The molecular formula is C64H54Cl2F6N6O8. The van der Waals surface area contributed by atoms with Crippen LogP contribution in [0.25, 0.3) is 44.6 Å². The fourth-order valence-corrected chi connectivity index (χ4v) is 9.89.